The van der Waals surface area contributed by atoms with Gasteiger partial charge in [-0.3, -0.25) is 4.79 Å². The molecule has 42 heavy (non-hydrogen) atoms. The number of rotatable bonds is 10. The fraction of sp³-hybridized carbons (Fsp3) is 0.207. The molecular weight excluding hydrogens is 558 g/mol. The molecule has 2 aromatic heterocycles. The molecule has 0 fully saturated rings. The van der Waals surface area contributed by atoms with Crippen LogP contribution in [-0.2, 0) is 14.8 Å². The number of H-pyrrole nitrogens is 1. The van der Waals surface area contributed by atoms with E-state index in [2.05, 4.69) is 25.0 Å². The third-order valence-electron chi connectivity index (χ3n) is 6.35. The Labute approximate surface area is 242 Å². The van der Waals surface area contributed by atoms with E-state index in [1.165, 1.54) is 12.1 Å². The number of sulfonamides is 1. The van der Waals surface area contributed by atoms with Gasteiger partial charge in [0.05, 0.1) is 18.2 Å². The Kier molecular flexibility index (Phi) is 7.77. The smallest absolute Gasteiger partial charge is 0.266 e. The Morgan fingerprint density at radius 3 is 2.62 bits per heavy atom. The van der Waals surface area contributed by atoms with E-state index in [9.17, 15) is 13.2 Å². The highest BCUT2D eigenvalue weighted by molar-refractivity contribution is 7.90. The maximum atomic E-state index is 13.8. The number of nitrogen functional groups attached to an aromatic ring is 2. The minimum Gasteiger partial charge on any atom is -0.490 e. The number of aromatic nitrogens is 3. The van der Waals surface area contributed by atoms with Gasteiger partial charge >= 0.3 is 0 Å². The van der Waals surface area contributed by atoms with Gasteiger partial charge in [0, 0.05) is 17.3 Å². The zero-order valence-corrected chi connectivity index (χ0v) is 24.0. The second kappa shape index (κ2) is 11.4. The van der Waals surface area contributed by atoms with Crippen molar-refractivity contribution in [3.63, 3.8) is 0 Å². The Hall–Kier alpha value is -5.04. The van der Waals surface area contributed by atoms with Gasteiger partial charge in [-0.05, 0) is 80.3 Å². The summed E-state index contributed by atoms with van der Waals surface area (Å²) in [6, 6.07) is 15.5. The first kappa shape index (κ1) is 28.5. The van der Waals surface area contributed by atoms with Crippen LogP contribution in [-0.4, -0.2) is 42.0 Å². The number of amides is 1. The average molecular weight is 590 g/mol. The number of nitrogens with zero attached hydrogens (tertiary/aromatic N) is 2. The van der Waals surface area contributed by atoms with Crippen molar-refractivity contribution < 1.29 is 22.7 Å². The molecule has 2 heterocycles. The maximum Gasteiger partial charge on any atom is 0.266 e. The third-order valence-corrected chi connectivity index (χ3v) is 7.73. The highest BCUT2D eigenvalue weighted by Gasteiger charge is 2.29. The highest BCUT2D eigenvalue weighted by Crippen LogP contribution is 2.34. The third kappa shape index (κ3) is 5.86. The topological polar surface area (TPSA) is 187 Å². The molecule has 0 radical (unpaired) electrons. The first-order chi connectivity index (χ1) is 20.1. The molecule has 0 bridgehead atoms. The summed E-state index contributed by atoms with van der Waals surface area (Å²) in [7, 11) is -4.36. The van der Waals surface area contributed by atoms with E-state index in [0.717, 1.165) is 10.8 Å². The normalized spacial score (nSPS) is 12.4. The van der Waals surface area contributed by atoms with E-state index in [1.54, 1.807) is 54.7 Å². The summed E-state index contributed by atoms with van der Waals surface area (Å²) in [5.74, 6) is 0.511. The molecule has 1 unspecified atom stereocenters. The number of nitrogens with two attached hydrogens (primary N) is 2. The molecule has 5 aromatic rings. The standard InChI is InChI=1S/C29H31N7O5S/c1-4-40-23-15-18(8-11-22(23)41-16(2)3)25(33-19-9-10-20-17(14-19)12-13-32-27(20)30)28(37)36-42(38,39)24-7-5-6-21-26(24)35-29(31)34-21/h5-16,25,33H,4H2,1-3H3,(H2,30,32)(H,36,37)(H3,31,34,35). The van der Waals surface area contributed by atoms with Gasteiger partial charge in [-0.1, -0.05) is 12.1 Å². The molecule has 12 nitrogen and oxygen atoms in total. The summed E-state index contributed by atoms with van der Waals surface area (Å²) in [5, 5.41) is 4.71. The van der Waals surface area contributed by atoms with Gasteiger partial charge in [0.2, 0.25) is 0 Å². The fourth-order valence-corrected chi connectivity index (χ4v) is 5.73. The lowest BCUT2D eigenvalue weighted by Gasteiger charge is -2.22. The predicted molar refractivity (Wildman–Crippen MR) is 162 cm³/mol. The number of fused-ring (bicyclic) bond motifs is 2. The molecule has 0 aliphatic rings. The predicted octanol–water partition coefficient (Wildman–Crippen LogP) is 4.12. The Morgan fingerprint density at radius 2 is 1.86 bits per heavy atom. The lowest BCUT2D eigenvalue weighted by molar-refractivity contribution is -0.120. The van der Waals surface area contributed by atoms with Crippen molar-refractivity contribution in [2.45, 2.75) is 37.8 Å². The van der Waals surface area contributed by atoms with Crippen molar-refractivity contribution in [1.29, 1.82) is 0 Å². The summed E-state index contributed by atoms with van der Waals surface area (Å²) in [6.45, 7) is 5.97. The number of ether oxygens (including phenoxy) is 2. The summed E-state index contributed by atoms with van der Waals surface area (Å²) in [6.07, 6.45) is 1.47. The van der Waals surface area contributed by atoms with Gasteiger partial charge in [0.1, 0.15) is 22.3 Å². The van der Waals surface area contributed by atoms with Gasteiger partial charge in [-0.2, -0.15) is 0 Å². The van der Waals surface area contributed by atoms with Crippen LogP contribution in [0.5, 0.6) is 11.5 Å². The number of anilines is 3. The van der Waals surface area contributed by atoms with Crippen molar-refractivity contribution in [3.05, 3.63) is 72.4 Å². The van der Waals surface area contributed by atoms with Crippen molar-refractivity contribution in [3.8, 4) is 11.5 Å². The molecular formula is C29H31N7O5S. The van der Waals surface area contributed by atoms with Crippen LogP contribution in [0.4, 0.5) is 17.5 Å². The van der Waals surface area contributed by atoms with Gasteiger partial charge in [-0.25, -0.2) is 23.1 Å². The van der Waals surface area contributed by atoms with Crippen molar-refractivity contribution in [1.82, 2.24) is 19.7 Å². The maximum absolute atomic E-state index is 13.8. The number of pyridine rings is 1. The second-order valence-electron chi connectivity index (χ2n) is 9.76. The minimum absolute atomic E-state index is 0.0535. The number of aromatic amines is 1. The average Bonchev–Trinajstić information content (AvgIpc) is 3.32. The van der Waals surface area contributed by atoms with E-state index in [-0.39, 0.29) is 22.5 Å². The minimum atomic E-state index is -4.36. The largest absolute Gasteiger partial charge is 0.490 e. The van der Waals surface area contributed by atoms with Gasteiger partial charge in [-0.15, -0.1) is 0 Å². The van der Waals surface area contributed by atoms with E-state index in [0.29, 0.717) is 40.7 Å². The van der Waals surface area contributed by atoms with Gasteiger partial charge < -0.3 is 31.2 Å². The van der Waals surface area contributed by atoms with Crippen LogP contribution in [0.3, 0.4) is 0 Å². The summed E-state index contributed by atoms with van der Waals surface area (Å²) in [4.78, 5) is 24.6. The van der Waals surface area contributed by atoms with Crippen molar-refractivity contribution >= 4 is 55.2 Å². The van der Waals surface area contributed by atoms with Crippen molar-refractivity contribution in [2.75, 3.05) is 23.4 Å². The highest BCUT2D eigenvalue weighted by atomic mass is 32.2. The zero-order chi connectivity index (χ0) is 30.0. The number of para-hydroxylation sites is 1. The first-order valence-corrected chi connectivity index (χ1v) is 14.7. The van der Waals surface area contributed by atoms with E-state index < -0.39 is 22.0 Å². The molecule has 1 atom stereocenters. The lowest BCUT2D eigenvalue weighted by atomic mass is 10.0. The quantitative estimate of drug-likeness (QED) is 0.159. The van der Waals surface area contributed by atoms with Crippen LogP contribution < -0.4 is 31.0 Å². The Balaban J connectivity index is 1.55. The van der Waals surface area contributed by atoms with Crippen LogP contribution in [0.2, 0.25) is 0 Å². The molecule has 13 heteroatoms. The molecule has 0 aliphatic heterocycles. The number of nitrogens with one attached hydrogen (secondary N) is 3. The number of hydrogen-bond acceptors (Lipinski definition) is 10. The molecule has 0 saturated carbocycles. The summed E-state index contributed by atoms with van der Waals surface area (Å²) in [5.41, 5.74) is 13.3. The molecule has 218 valence electrons. The molecule has 7 N–H and O–H groups in total. The number of imidazole rings is 1. The first-order valence-electron chi connectivity index (χ1n) is 13.2. The number of benzene rings is 3. The van der Waals surface area contributed by atoms with Gasteiger partial charge in [0.25, 0.3) is 15.9 Å². The van der Waals surface area contributed by atoms with E-state index in [1.807, 2.05) is 20.8 Å². The Bertz CT molecular complexity index is 1890. The molecule has 1 amide bonds. The SMILES string of the molecule is CCOc1cc(C(Nc2ccc3c(N)nccc3c2)C(=O)NS(=O)(=O)c2cccc3[nH]c(N)nc23)ccc1OC(C)C. The van der Waals surface area contributed by atoms with Crippen LogP contribution >= 0.6 is 0 Å². The monoisotopic (exact) mass is 589 g/mol. The summed E-state index contributed by atoms with van der Waals surface area (Å²) >= 11 is 0. The number of hydrogen-bond donors (Lipinski definition) is 5. The molecule has 0 saturated heterocycles. The van der Waals surface area contributed by atoms with Gasteiger partial charge in [0.15, 0.2) is 17.4 Å². The van der Waals surface area contributed by atoms with Crippen LogP contribution in [0, 0.1) is 0 Å². The molecule has 5 rings (SSSR count). The zero-order valence-electron chi connectivity index (χ0n) is 23.2. The van der Waals surface area contributed by atoms with Crippen LogP contribution in [0.15, 0.2) is 71.8 Å². The number of carbonyl (C=O) groups excluding carboxylic acids is 1. The van der Waals surface area contributed by atoms with Crippen LogP contribution in [0.25, 0.3) is 21.8 Å². The van der Waals surface area contributed by atoms with Crippen LogP contribution in [0.1, 0.15) is 32.4 Å². The molecule has 3 aromatic carbocycles. The fourth-order valence-electron chi connectivity index (χ4n) is 4.57. The van der Waals surface area contributed by atoms with Crippen molar-refractivity contribution in [2.24, 2.45) is 0 Å². The van der Waals surface area contributed by atoms with E-state index in [4.69, 9.17) is 20.9 Å². The molecule has 0 aliphatic carbocycles. The molecule has 0 spiro atoms. The second-order valence-corrected chi connectivity index (χ2v) is 11.4. The van der Waals surface area contributed by atoms with E-state index >= 15 is 0 Å². The summed E-state index contributed by atoms with van der Waals surface area (Å²) < 4.78 is 40.9. The Morgan fingerprint density at radius 1 is 1.05 bits per heavy atom. The number of carbonyl (C=O) groups is 1. The lowest BCUT2D eigenvalue weighted by Crippen LogP contribution is -2.37.